The van der Waals surface area contributed by atoms with Crippen LogP contribution in [0.5, 0.6) is 5.75 Å². The highest BCUT2D eigenvalue weighted by atomic mass is 16.4. The van der Waals surface area contributed by atoms with Crippen molar-refractivity contribution in [1.82, 2.24) is 16.0 Å². The quantitative estimate of drug-likeness (QED) is 0.240. The second kappa shape index (κ2) is 13.7. The van der Waals surface area contributed by atoms with Crippen molar-refractivity contribution in [2.45, 2.75) is 78.6 Å². The third-order valence-corrected chi connectivity index (χ3v) is 6.05. The number of aromatic hydroxyl groups is 1. The molecule has 7 N–H and O–H groups in total. The molecule has 0 saturated heterocycles. The van der Waals surface area contributed by atoms with Crippen molar-refractivity contribution < 1.29 is 29.4 Å². The van der Waals surface area contributed by atoms with Gasteiger partial charge in [0.2, 0.25) is 17.7 Å². The minimum absolute atomic E-state index is 0.00123. The smallest absolute Gasteiger partial charge is 0.326 e. The number of carboxylic acid groups (broad SMARTS) is 1. The van der Waals surface area contributed by atoms with E-state index < -0.39 is 47.9 Å². The van der Waals surface area contributed by atoms with Crippen LogP contribution in [0, 0.1) is 17.8 Å². The molecule has 0 aromatic heterocycles. The summed E-state index contributed by atoms with van der Waals surface area (Å²) in [4.78, 5) is 50.5. The molecular weight excluding hydrogens is 452 g/mol. The number of hydrogen-bond donors (Lipinski definition) is 6. The van der Waals surface area contributed by atoms with Crippen molar-refractivity contribution >= 4 is 23.7 Å². The average Bonchev–Trinajstić information content (AvgIpc) is 2.79. The van der Waals surface area contributed by atoms with Crippen molar-refractivity contribution in [3.8, 4) is 5.75 Å². The summed E-state index contributed by atoms with van der Waals surface area (Å²) in [6.07, 6.45) is 0.598. The molecule has 1 aromatic rings. The molecule has 3 amide bonds. The molecular formula is C25H40N4O6. The molecule has 0 aliphatic carbocycles. The number of rotatable bonds is 13. The SMILES string of the molecule is CCC(C)C(NC(=O)C(N)C(C)C)C(=O)NC(C(=O)NC(Cc1ccc(O)cc1)C(=O)O)C(C)C. The van der Waals surface area contributed by atoms with E-state index in [1.54, 1.807) is 39.8 Å². The molecule has 0 aliphatic rings. The predicted molar refractivity (Wildman–Crippen MR) is 132 cm³/mol. The molecule has 196 valence electrons. The van der Waals surface area contributed by atoms with Gasteiger partial charge in [-0.15, -0.1) is 0 Å². The lowest BCUT2D eigenvalue weighted by atomic mass is 9.95. The molecule has 1 aromatic carbocycles. The molecule has 0 spiro atoms. The fourth-order valence-electron chi connectivity index (χ4n) is 3.36. The monoisotopic (exact) mass is 492 g/mol. The van der Waals surface area contributed by atoms with Crippen LogP contribution in [0.2, 0.25) is 0 Å². The largest absolute Gasteiger partial charge is 0.508 e. The molecule has 0 bridgehead atoms. The summed E-state index contributed by atoms with van der Waals surface area (Å²) in [6, 6.07) is 2.06. The first-order valence-corrected chi connectivity index (χ1v) is 12.0. The lowest BCUT2D eigenvalue weighted by Crippen LogP contribution is -2.60. The van der Waals surface area contributed by atoms with Crippen LogP contribution in [-0.4, -0.2) is 58.1 Å². The Bertz CT molecular complexity index is 871. The fourth-order valence-corrected chi connectivity index (χ4v) is 3.36. The van der Waals surface area contributed by atoms with Crippen LogP contribution in [0.3, 0.4) is 0 Å². The lowest BCUT2D eigenvalue weighted by Gasteiger charge is -2.29. The van der Waals surface area contributed by atoms with Crippen LogP contribution in [0.4, 0.5) is 0 Å². The molecule has 5 atom stereocenters. The zero-order chi connectivity index (χ0) is 26.9. The summed E-state index contributed by atoms with van der Waals surface area (Å²) >= 11 is 0. The van der Waals surface area contributed by atoms with Crippen LogP contribution < -0.4 is 21.7 Å². The highest BCUT2D eigenvalue weighted by molar-refractivity contribution is 5.94. The molecule has 35 heavy (non-hydrogen) atoms. The van der Waals surface area contributed by atoms with E-state index in [0.29, 0.717) is 12.0 Å². The van der Waals surface area contributed by atoms with Gasteiger partial charge >= 0.3 is 5.97 Å². The number of benzene rings is 1. The summed E-state index contributed by atoms with van der Waals surface area (Å²) < 4.78 is 0. The van der Waals surface area contributed by atoms with E-state index in [1.807, 2.05) is 13.8 Å². The van der Waals surface area contributed by atoms with Crippen LogP contribution in [0.1, 0.15) is 53.5 Å². The van der Waals surface area contributed by atoms with Crippen molar-refractivity contribution in [1.29, 1.82) is 0 Å². The number of carbonyl (C=O) groups is 4. The fraction of sp³-hybridized carbons (Fsp3) is 0.600. The topological polar surface area (TPSA) is 171 Å². The predicted octanol–water partition coefficient (Wildman–Crippen LogP) is 1.16. The number of nitrogens with two attached hydrogens (primary N) is 1. The first-order chi connectivity index (χ1) is 16.3. The van der Waals surface area contributed by atoms with Crippen molar-refractivity contribution in [3.05, 3.63) is 29.8 Å². The Labute approximate surface area is 207 Å². The maximum Gasteiger partial charge on any atom is 0.326 e. The summed E-state index contributed by atoms with van der Waals surface area (Å²) in [7, 11) is 0. The second-order valence-corrected chi connectivity index (χ2v) is 9.64. The van der Waals surface area contributed by atoms with E-state index in [1.165, 1.54) is 12.1 Å². The summed E-state index contributed by atoms with van der Waals surface area (Å²) in [5.74, 6) is -3.52. The molecule has 10 heteroatoms. The molecule has 0 aliphatic heterocycles. The van der Waals surface area contributed by atoms with Crippen molar-refractivity contribution in [2.24, 2.45) is 23.5 Å². The Kier molecular flexibility index (Phi) is 11.7. The third kappa shape index (κ3) is 9.20. The number of aliphatic carboxylic acids is 1. The van der Waals surface area contributed by atoms with Gasteiger partial charge in [-0.1, -0.05) is 60.1 Å². The Morgan fingerprint density at radius 1 is 0.829 bits per heavy atom. The molecule has 0 radical (unpaired) electrons. The van der Waals surface area contributed by atoms with E-state index in [9.17, 15) is 29.4 Å². The molecule has 10 nitrogen and oxygen atoms in total. The highest BCUT2D eigenvalue weighted by Crippen LogP contribution is 2.13. The van der Waals surface area contributed by atoms with E-state index in [2.05, 4.69) is 16.0 Å². The van der Waals surface area contributed by atoms with Gasteiger partial charge in [0.25, 0.3) is 0 Å². The van der Waals surface area contributed by atoms with Gasteiger partial charge in [0, 0.05) is 6.42 Å². The van der Waals surface area contributed by atoms with Gasteiger partial charge in [-0.2, -0.15) is 0 Å². The molecule has 0 saturated carbocycles. The van der Waals surface area contributed by atoms with Gasteiger partial charge in [-0.05, 0) is 35.4 Å². The number of carboxylic acids is 1. The van der Waals surface area contributed by atoms with Gasteiger partial charge in [0.15, 0.2) is 0 Å². The van der Waals surface area contributed by atoms with Gasteiger partial charge < -0.3 is 31.9 Å². The summed E-state index contributed by atoms with van der Waals surface area (Å²) in [5.41, 5.74) is 6.54. The first-order valence-electron chi connectivity index (χ1n) is 12.0. The minimum atomic E-state index is -1.24. The molecule has 0 heterocycles. The Morgan fingerprint density at radius 2 is 1.34 bits per heavy atom. The van der Waals surface area contributed by atoms with E-state index in [-0.39, 0.29) is 29.9 Å². The molecule has 0 fully saturated rings. The number of phenolic OH excluding ortho intramolecular Hbond substituents is 1. The van der Waals surface area contributed by atoms with Crippen LogP contribution in [0.25, 0.3) is 0 Å². The molecule has 1 rings (SSSR count). The zero-order valence-corrected chi connectivity index (χ0v) is 21.4. The summed E-state index contributed by atoms with van der Waals surface area (Å²) in [6.45, 7) is 10.8. The number of amides is 3. The van der Waals surface area contributed by atoms with Gasteiger partial charge in [-0.25, -0.2) is 4.79 Å². The number of carbonyl (C=O) groups excluding carboxylic acids is 3. The second-order valence-electron chi connectivity index (χ2n) is 9.64. The minimum Gasteiger partial charge on any atom is -0.508 e. The standard InChI is InChI=1S/C25H40N4O6/c1-7-15(6)21(29-22(31)19(26)13(2)3)24(33)28-20(14(4)5)23(32)27-18(25(34)35)12-16-8-10-17(30)11-9-16/h8-11,13-15,18-21,30H,7,12,26H2,1-6H3,(H,27,32)(H,28,33)(H,29,31)(H,34,35). The molecule has 5 unspecified atom stereocenters. The van der Waals surface area contributed by atoms with Gasteiger partial charge in [-0.3, -0.25) is 14.4 Å². The Morgan fingerprint density at radius 3 is 1.80 bits per heavy atom. The number of nitrogens with one attached hydrogen (secondary N) is 3. The van der Waals surface area contributed by atoms with E-state index in [4.69, 9.17) is 5.73 Å². The third-order valence-electron chi connectivity index (χ3n) is 6.05. The lowest BCUT2D eigenvalue weighted by molar-refractivity contribution is -0.142. The normalized spacial score (nSPS) is 15.6. The van der Waals surface area contributed by atoms with Crippen molar-refractivity contribution in [2.75, 3.05) is 0 Å². The van der Waals surface area contributed by atoms with Crippen LogP contribution >= 0.6 is 0 Å². The van der Waals surface area contributed by atoms with Gasteiger partial charge in [0.05, 0.1) is 6.04 Å². The van der Waals surface area contributed by atoms with Crippen molar-refractivity contribution in [3.63, 3.8) is 0 Å². The highest BCUT2D eigenvalue weighted by Gasteiger charge is 2.34. The van der Waals surface area contributed by atoms with Crippen LogP contribution in [-0.2, 0) is 25.6 Å². The first kappa shape index (κ1) is 29.9. The Hall–Kier alpha value is -3.14. The summed E-state index contributed by atoms with van der Waals surface area (Å²) in [5, 5.41) is 26.9. The van der Waals surface area contributed by atoms with E-state index >= 15 is 0 Å². The Balaban J connectivity index is 3.00. The van der Waals surface area contributed by atoms with Gasteiger partial charge in [0.1, 0.15) is 23.9 Å². The zero-order valence-electron chi connectivity index (χ0n) is 21.4. The maximum atomic E-state index is 13.1. The van der Waals surface area contributed by atoms with E-state index in [0.717, 1.165) is 0 Å². The number of hydrogen-bond acceptors (Lipinski definition) is 6. The maximum absolute atomic E-state index is 13.1. The number of phenols is 1. The van der Waals surface area contributed by atoms with Crippen LogP contribution in [0.15, 0.2) is 24.3 Å². The average molecular weight is 493 g/mol.